The number of aromatic nitrogens is 2. The second-order valence-corrected chi connectivity index (χ2v) is 6.34. The Bertz CT molecular complexity index is 727. The van der Waals surface area contributed by atoms with E-state index in [1.807, 2.05) is 31.2 Å². The zero-order valence-corrected chi connectivity index (χ0v) is 14.0. The Morgan fingerprint density at radius 1 is 1.04 bits per heavy atom. The van der Waals surface area contributed by atoms with Gasteiger partial charge in [0.05, 0.1) is 11.6 Å². The normalized spacial score (nSPS) is 15.3. The zero-order valence-electron chi connectivity index (χ0n) is 14.0. The number of nitrogens with zero attached hydrogens (tertiary/aromatic N) is 3. The average molecular weight is 321 g/mol. The van der Waals surface area contributed by atoms with E-state index < -0.39 is 0 Å². The van der Waals surface area contributed by atoms with E-state index in [9.17, 15) is 0 Å². The van der Waals surface area contributed by atoms with Crippen LogP contribution in [-0.2, 0) is 0 Å². The van der Waals surface area contributed by atoms with Crippen molar-refractivity contribution in [2.24, 2.45) is 0 Å². The fraction of sp³-hybridized carbons (Fsp3) is 0.421. The Hall–Kier alpha value is -2.61. The quantitative estimate of drug-likeness (QED) is 0.809. The number of anilines is 3. The number of hydrogen-bond acceptors (Lipinski definition) is 5. The lowest BCUT2D eigenvalue weighted by Gasteiger charge is -2.18. The van der Waals surface area contributed by atoms with Crippen molar-refractivity contribution in [1.29, 1.82) is 5.26 Å². The molecule has 0 spiro atoms. The summed E-state index contributed by atoms with van der Waals surface area (Å²) in [6.45, 7) is 1.90. The van der Waals surface area contributed by atoms with Crippen LogP contribution in [0.4, 0.5) is 17.3 Å². The van der Waals surface area contributed by atoms with E-state index in [-0.39, 0.29) is 0 Å². The van der Waals surface area contributed by atoms with Crippen molar-refractivity contribution in [2.75, 3.05) is 10.6 Å². The molecule has 1 aliphatic carbocycles. The van der Waals surface area contributed by atoms with Gasteiger partial charge in [0.2, 0.25) is 0 Å². The molecule has 2 N–H and O–H groups in total. The SMILES string of the molecule is Cc1nc(Nc2cccc(C#N)c2)cc(NC2CCCCCC2)n1. The molecule has 1 aromatic heterocycles. The van der Waals surface area contributed by atoms with Gasteiger partial charge in [-0.05, 0) is 38.0 Å². The van der Waals surface area contributed by atoms with Gasteiger partial charge in [0, 0.05) is 17.8 Å². The molecule has 24 heavy (non-hydrogen) atoms. The third kappa shape index (κ3) is 4.45. The summed E-state index contributed by atoms with van der Waals surface area (Å²) in [4.78, 5) is 8.97. The van der Waals surface area contributed by atoms with Crippen LogP contribution in [0.2, 0.25) is 0 Å². The van der Waals surface area contributed by atoms with E-state index in [1.54, 1.807) is 6.07 Å². The molecule has 124 valence electrons. The molecule has 0 unspecified atom stereocenters. The standard InChI is InChI=1S/C19H23N5/c1-14-21-18(23-16-8-4-2-3-5-9-16)12-19(22-14)24-17-10-6-7-15(11-17)13-20/h6-7,10-12,16H,2-5,8-9H2,1H3,(H2,21,22,23,24). The Labute approximate surface area is 143 Å². The molecular weight excluding hydrogens is 298 g/mol. The van der Waals surface area contributed by atoms with Gasteiger partial charge in [-0.2, -0.15) is 5.26 Å². The third-order valence-electron chi connectivity index (χ3n) is 4.31. The second kappa shape index (κ2) is 7.78. The van der Waals surface area contributed by atoms with Gasteiger partial charge in [-0.15, -0.1) is 0 Å². The number of rotatable bonds is 4. The van der Waals surface area contributed by atoms with E-state index in [4.69, 9.17) is 5.26 Å². The molecule has 0 atom stereocenters. The molecule has 0 bridgehead atoms. The first kappa shape index (κ1) is 16.3. The Kier molecular flexibility index (Phi) is 5.27. The third-order valence-corrected chi connectivity index (χ3v) is 4.31. The maximum absolute atomic E-state index is 9.01. The monoisotopic (exact) mass is 321 g/mol. The van der Waals surface area contributed by atoms with Gasteiger partial charge in [-0.25, -0.2) is 9.97 Å². The van der Waals surface area contributed by atoms with E-state index in [0.29, 0.717) is 11.6 Å². The summed E-state index contributed by atoms with van der Waals surface area (Å²) in [5.74, 6) is 2.34. The van der Waals surface area contributed by atoms with Crippen LogP contribution in [0, 0.1) is 18.3 Å². The molecule has 0 amide bonds. The highest BCUT2D eigenvalue weighted by Crippen LogP contribution is 2.23. The first-order valence-electron chi connectivity index (χ1n) is 8.62. The summed E-state index contributed by atoms with van der Waals surface area (Å²) in [5.41, 5.74) is 1.48. The summed E-state index contributed by atoms with van der Waals surface area (Å²) in [6, 6.07) is 12.0. The van der Waals surface area contributed by atoms with Crippen molar-refractivity contribution in [1.82, 2.24) is 9.97 Å². The first-order chi connectivity index (χ1) is 11.7. The van der Waals surface area contributed by atoms with Crippen LogP contribution in [0.25, 0.3) is 0 Å². The van der Waals surface area contributed by atoms with Crippen molar-refractivity contribution in [3.8, 4) is 6.07 Å². The minimum atomic E-state index is 0.497. The minimum Gasteiger partial charge on any atom is -0.367 e. The minimum absolute atomic E-state index is 0.497. The van der Waals surface area contributed by atoms with Crippen LogP contribution >= 0.6 is 0 Å². The fourth-order valence-electron chi connectivity index (χ4n) is 3.15. The van der Waals surface area contributed by atoms with Gasteiger partial charge in [0.25, 0.3) is 0 Å². The highest BCUT2D eigenvalue weighted by molar-refractivity contribution is 5.61. The lowest BCUT2D eigenvalue weighted by molar-refractivity contribution is 0.617. The Morgan fingerprint density at radius 2 is 1.79 bits per heavy atom. The molecule has 0 aliphatic heterocycles. The van der Waals surface area contributed by atoms with Gasteiger partial charge in [0.15, 0.2) is 0 Å². The van der Waals surface area contributed by atoms with Crippen molar-refractivity contribution < 1.29 is 0 Å². The zero-order chi connectivity index (χ0) is 16.8. The molecule has 1 fully saturated rings. The van der Waals surface area contributed by atoms with Crippen LogP contribution in [-0.4, -0.2) is 16.0 Å². The molecule has 0 radical (unpaired) electrons. The van der Waals surface area contributed by atoms with E-state index in [0.717, 1.165) is 23.1 Å². The van der Waals surface area contributed by atoms with Crippen molar-refractivity contribution in [3.05, 3.63) is 41.7 Å². The van der Waals surface area contributed by atoms with Crippen LogP contribution in [0.5, 0.6) is 0 Å². The van der Waals surface area contributed by atoms with Gasteiger partial charge in [-0.3, -0.25) is 0 Å². The molecular formula is C19H23N5. The smallest absolute Gasteiger partial charge is 0.136 e. The number of aryl methyl sites for hydroxylation is 1. The van der Waals surface area contributed by atoms with Gasteiger partial charge in [0.1, 0.15) is 17.5 Å². The van der Waals surface area contributed by atoms with E-state index in [1.165, 1.54) is 38.5 Å². The fourth-order valence-corrected chi connectivity index (χ4v) is 3.15. The number of benzene rings is 1. The summed E-state index contributed by atoms with van der Waals surface area (Å²) < 4.78 is 0. The van der Waals surface area contributed by atoms with Crippen LogP contribution < -0.4 is 10.6 Å². The molecule has 1 aliphatic rings. The lowest BCUT2D eigenvalue weighted by Crippen LogP contribution is -2.19. The van der Waals surface area contributed by atoms with Crippen molar-refractivity contribution in [3.63, 3.8) is 0 Å². The van der Waals surface area contributed by atoms with Gasteiger partial charge >= 0.3 is 0 Å². The van der Waals surface area contributed by atoms with Crippen LogP contribution in [0.15, 0.2) is 30.3 Å². The number of hydrogen-bond donors (Lipinski definition) is 2. The molecule has 3 rings (SSSR count). The number of nitriles is 1. The van der Waals surface area contributed by atoms with Crippen molar-refractivity contribution in [2.45, 2.75) is 51.5 Å². The largest absolute Gasteiger partial charge is 0.367 e. The molecule has 0 saturated heterocycles. The van der Waals surface area contributed by atoms with Gasteiger partial charge in [-0.1, -0.05) is 31.7 Å². The van der Waals surface area contributed by atoms with Crippen LogP contribution in [0.3, 0.4) is 0 Å². The second-order valence-electron chi connectivity index (χ2n) is 6.34. The number of nitrogens with one attached hydrogen (secondary N) is 2. The summed E-state index contributed by atoms with van der Waals surface area (Å²) >= 11 is 0. The molecule has 1 heterocycles. The molecule has 5 nitrogen and oxygen atoms in total. The highest BCUT2D eigenvalue weighted by Gasteiger charge is 2.13. The molecule has 2 aromatic rings. The predicted octanol–water partition coefficient (Wildman–Crippen LogP) is 4.54. The Morgan fingerprint density at radius 3 is 2.54 bits per heavy atom. The molecule has 1 saturated carbocycles. The summed E-state index contributed by atoms with van der Waals surface area (Å²) in [6.07, 6.45) is 7.65. The van der Waals surface area contributed by atoms with E-state index in [2.05, 4.69) is 26.7 Å². The Balaban J connectivity index is 1.74. The van der Waals surface area contributed by atoms with Gasteiger partial charge < -0.3 is 10.6 Å². The molecule has 5 heteroatoms. The van der Waals surface area contributed by atoms with Crippen LogP contribution in [0.1, 0.15) is 49.9 Å². The topological polar surface area (TPSA) is 73.6 Å². The van der Waals surface area contributed by atoms with E-state index >= 15 is 0 Å². The van der Waals surface area contributed by atoms with Crippen molar-refractivity contribution >= 4 is 17.3 Å². The predicted molar refractivity (Wildman–Crippen MR) is 96.3 cm³/mol. The maximum Gasteiger partial charge on any atom is 0.136 e. The maximum atomic E-state index is 9.01. The summed E-state index contributed by atoms with van der Waals surface area (Å²) in [7, 11) is 0. The highest BCUT2D eigenvalue weighted by atomic mass is 15.1. The lowest BCUT2D eigenvalue weighted by atomic mass is 10.1. The summed E-state index contributed by atoms with van der Waals surface area (Å²) in [5, 5.41) is 15.8. The first-order valence-corrected chi connectivity index (χ1v) is 8.62. The average Bonchev–Trinajstić information content (AvgIpc) is 2.83. The molecule has 1 aromatic carbocycles.